The first kappa shape index (κ1) is 12.8. The predicted molar refractivity (Wildman–Crippen MR) is 76.5 cm³/mol. The van der Waals surface area contributed by atoms with E-state index in [1.807, 2.05) is 23.6 Å². The largest absolute Gasteiger partial charge is 0.388 e. The minimum atomic E-state index is -0.406. The van der Waals surface area contributed by atoms with E-state index >= 15 is 0 Å². The van der Waals surface area contributed by atoms with Crippen molar-refractivity contribution >= 4 is 27.3 Å². The van der Waals surface area contributed by atoms with Crippen molar-refractivity contribution in [1.82, 2.24) is 0 Å². The van der Waals surface area contributed by atoms with E-state index in [4.69, 9.17) is 0 Å². The molecule has 0 radical (unpaired) electrons. The summed E-state index contributed by atoms with van der Waals surface area (Å²) in [7, 11) is 0. The lowest BCUT2D eigenvalue weighted by Crippen LogP contribution is -2.04. The molecule has 1 aromatic carbocycles. The van der Waals surface area contributed by atoms with Gasteiger partial charge in [-0.2, -0.15) is 0 Å². The summed E-state index contributed by atoms with van der Waals surface area (Å²) < 4.78 is 1.09. The molecule has 1 atom stereocenters. The third-order valence-electron chi connectivity index (χ3n) is 2.81. The molecule has 2 aromatic rings. The second kappa shape index (κ2) is 5.80. The number of aryl methyl sites for hydroxylation is 1. The van der Waals surface area contributed by atoms with Gasteiger partial charge >= 0.3 is 0 Å². The number of hydrogen-bond donors (Lipinski definition) is 1. The summed E-state index contributed by atoms with van der Waals surface area (Å²) in [5.74, 6) is 0. The molecule has 0 aliphatic heterocycles. The van der Waals surface area contributed by atoms with Gasteiger partial charge in [0.05, 0.1) is 6.10 Å². The van der Waals surface area contributed by atoms with Crippen molar-refractivity contribution < 1.29 is 5.11 Å². The number of aliphatic hydroxyl groups is 1. The molecule has 0 amide bonds. The van der Waals surface area contributed by atoms with Crippen molar-refractivity contribution in [3.63, 3.8) is 0 Å². The maximum atomic E-state index is 10.3. The molecule has 1 unspecified atom stereocenters. The summed E-state index contributed by atoms with van der Waals surface area (Å²) in [4.78, 5) is 1.20. The topological polar surface area (TPSA) is 20.2 Å². The van der Waals surface area contributed by atoms with Crippen LogP contribution in [0, 0.1) is 0 Å². The number of aliphatic hydroxyl groups excluding tert-OH is 1. The summed E-state index contributed by atoms with van der Waals surface area (Å²) in [6.45, 7) is 2.12. The second-order valence-corrected chi connectivity index (χ2v) is 5.91. The first-order valence-corrected chi connectivity index (χ1v) is 7.36. The molecule has 0 fully saturated rings. The highest BCUT2D eigenvalue weighted by Crippen LogP contribution is 2.27. The minimum Gasteiger partial charge on any atom is -0.388 e. The third-order valence-corrected chi connectivity index (χ3v) is 4.53. The van der Waals surface area contributed by atoms with Crippen LogP contribution in [0.3, 0.4) is 0 Å². The van der Waals surface area contributed by atoms with E-state index in [2.05, 4.69) is 35.0 Å². The van der Waals surface area contributed by atoms with Crippen LogP contribution >= 0.6 is 27.3 Å². The zero-order valence-electron chi connectivity index (χ0n) is 9.69. The SMILES string of the molecule is CCc1ccccc1C(O)Cc1cc(Br)cs1. The van der Waals surface area contributed by atoms with E-state index in [0.717, 1.165) is 16.5 Å². The number of benzene rings is 1. The van der Waals surface area contributed by atoms with Crippen LogP contribution in [0.1, 0.15) is 29.0 Å². The number of thiophene rings is 1. The molecule has 0 aliphatic rings. The second-order valence-electron chi connectivity index (χ2n) is 4.00. The molecule has 0 saturated carbocycles. The van der Waals surface area contributed by atoms with Crippen LogP contribution in [-0.4, -0.2) is 5.11 Å². The summed E-state index contributed by atoms with van der Waals surface area (Å²) in [6.07, 6.45) is 1.24. The molecule has 3 heteroatoms. The zero-order valence-corrected chi connectivity index (χ0v) is 12.1. The van der Waals surface area contributed by atoms with Gasteiger partial charge in [0, 0.05) is 21.2 Å². The molecule has 0 bridgehead atoms. The smallest absolute Gasteiger partial charge is 0.0840 e. The molecular weight excluding hydrogens is 296 g/mol. The molecule has 1 heterocycles. The maximum absolute atomic E-state index is 10.3. The van der Waals surface area contributed by atoms with Gasteiger partial charge in [0.1, 0.15) is 0 Å². The Morgan fingerprint density at radius 1 is 1.35 bits per heavy atom. The van der Waals surface area contributed by atoms with Crippen LogP contribution in [0.4, 0.5) is 0 Å². The summed E-state index contributed by atoms with van der Waals surface area (Å²) in [6, 6.07) is 10.2. The monoisotopic (exact) mass is 310 g/mol. The Labute approximate surface area is 114 Å². The van der Waals surface area contributed by atoms with Crippen LogP contribution in [0.15, 0.2) is 40.2 Å². The van der Waals surface area contributed by atoms with Gasteiger partial charge in [-0.3, -0.25) is 0 Å². The van der Waals surface area contributed by atoms with Crippen LogP contribution in [0.2, 0.25) is 0 Å². The van der Waals surface area contributed by atoms with E-state index in [-0.39, 0.29) is 0 Å². The van der Waals surface area contributed by atoms with Crippen molar-refractivity contribution in [3.05, 3.63) is 56.2 Å². The zero-order chi connectivity index (χ0) is 12.3. The third kappa shape index (κ3) is 3.18. The van der Waals surface area contributed by atoms with Crippen LogP contribution < -0.4 is 0 Å². The lowest BCUT2D eigenvalue weighted by molar-refractivity contribution is 0.178. The molecule has 1 nitrogen and oxygen atoms in total. The van der Waals surface area contributed by atoms with Crippen molar-refractivity contribution in [2.75, 3.05) is 0 Å². The van der Waals surface area contributed by atoms with Gasteiger partial charge in [0.2, 0.25) is 0 Å². The van der Waals surface area contributed by atoms with Gasteiger partial charge in [0.25, 0.3) is 0 Å². The van der Waals surface area contributed by atoms with E-state index in [1.165, 1.54) is 10.4 Å². The molecule has 0 aliphatic carbocycles. The highest BCUT2D eigenvalue weighted by molar-refractivity contribution is 9.10. The molecule has 1 N–H and O–H groups in total. The Hall–Kier alpha value is -0.640. The van der Waals surface area contributed by atoms with E-state index in [0.29, 0.717) is 6.42 Å². The predicted octanol–water partition coefficient (Wildman–Crippen LogP) is 4.35. The molecule has 0 saturated heterocycles. The van der Waals surface area contributed by atoms with E-state index in [1.54, 1.807) is 11.3 Å². The average molecular weight is 311 g/mol. The van der Waals surface area contributed by atoms with E-state index in [9.17, 15) is 5.11 Å². The van der Waals surface area contributed by atoms with Gasteiger partial charge in [-0.25, -0.2) is 0 Å². The van der Waals surface area contributed by atoms with Crippen molar-refractivity contribution in [2.24, 2.45) is 0 Å². The Bertz CT molecular complexity index is 492. The molecule has 2 rings (SSSR count). The van der Waals surface area contributed by atoms with Crippen LogP contribution in [-0.2, 0) is 12.8 Å². The fourth-order valence-corrected chi connectivity index (χ4v) is 3.43. The van der Waals surface area contributed by atoms with Gasteiger partial charge in [-0.05, 0) is 39.5 Å². The number of halogens is 1. The van der Waals surface area contributed by atoms with Crippen LogP contribution in [0.25, 0.3) is 0 Å². The summed E-state index contributed by atoms with van der Waals surface area (Å²) >= 11 is 5.11. The number of rotatable bonds is 4. The highest BCUT2D eigenvalue weighted by Gasteiger charge is 2.12. The normalized spacial score (nSPS) is 12.6. The lowest BCUT2D eigenvalue weighted by atomic mass is 9.98. The quantitative estimate of drug-likeness (QED) is 0.890. The molecule has 90 valence electrons. The number of hydrogen-bond acceptors (Lipinski definition) is 2. The molecular formula is C14H15BrOS. The van der Waals surface area contributed by atoms with Crippen molar-refractivity contribution in [1.29, 1.82) is 0 Å². The minimum absolute atomic E-state index is 0.406. The van der Waals surface area contributed by atoms with Crippen LogP contribution in [0.5, 0.6) is 0 Å². The maximum Gasteiger partial charge on any atom is 0.0840 e. The van der Waals surface area contributed by atoms with E-state index < -0.39 is 6.10 Å². The molecule has 1 aromatic heterocycles. The van der Waals surface area contributed by atoms with Gasteiger partial charge in [0.15, 0.2) is 0 Å². The summed E-state index contributed by atoms with van der Waals surface area (Å²) in [5, 5.41) is 12.3. The Balaban J connectivity index is 2.16. The van der Waals surface area contributed by atoms with Gasteiger partial charge in [-0.15, -0.1) is 11.3 Å². The Morgan fingerprint density at radius 3 is 2.76 bits per heavy atom. The Morgan fingerprint density at radius 2 is 2.12 bits per heavy atom. The highest BCUT2D eigenvalue weighted by atomic mass is 79.9. The Kier molecular flexibility index (Phi) is 4.37. The van der Waals surface area contributed by atoms with Gasteiger partial charge < -0.3 is 5.11 Å². The standard InChI is InChI=1S/C14H15BrOS/c1-2-10-5-3-4-6-13(10)14(16)8-12-7-11(15)9-17-12/h3-7,9,14,16H,2,8H2,1H3. The van der Waals surface area contributed by atoms with Crippen molar-refractivity contribution in [3.8, 4) is 0 Å². The first-order valence-electron chi connectivity index (χ1n) is 5.69. The first-order chi connectivity index (χ1) is 8.20. The average Bonchev–Trinajstić information content (AvgIpc) is 2.74. The fraction of sp³-hybridized carbons (Fsp3) is 0.286. The molecule has 0 spiro atoms. The molecule has 17 heavy (non-hydrogen) atoms. The van der Waals surface area contributed by atoms with Crippen molar-refractivity contribution in [2.45, 2.75) is 25.9 Å². The fourth-order valence-electron chi connectivity index (χ4n) is 1.94. The van der Waals surface area contributed by atoms with Gasteiger partial charge in [-0.1, -0.05) is 31.2 Å². The summed E-state index contributed by atoms with van der Waals surface area (Å²) in [5.41, 5.74) is 2.29. The lowest BCUT2D eigenvalue weighted by Gasteiger charge is -2.13.